The molecule has 168 valence electrons. The Morgan fingerprint density at radius 2 is 2.03 bits per heavy atom. The van der Waals surface area contributed by atoms with Crippen LogP contribution < -0.4 is 14.8 Å². The Bertz CT molecular complexity index is 1120. The summed E-state index contributed by atoms with van der Waals surface area (Å²) in [5.74, 6) is -1.19. The fraction of sp³-hybridized carbons (Fsp3) is 0.250. The number of esters is 1. The van der Waals surface area contributed by atoms with Crippen molar-refractivity contribution < 1.29 is 37.9 Å². The molecule has 1 N–H and O–H groups in total. The lowest BCUT2D eigenvalue weighted by molar-refractivity contribution is -0.385. The van der Waals surface area contributed by atoms with E-state index in [1.807, 2.05) is 0 Å². The van der Waals surface area contributed by atoms with Crippen LogP contribution >= 0.6 is 0 Å². The van der Waals surface area contributed by atoms with Gasteiger partial charge in [0.05, 0.1) is 32.3 Å². The molecule has 1 fully saturated rings. The SMILES string of the molecule is CCOc1c(OC)cc(C=C2NC(=O)N(Cc3ccc(C(=O)OC)o3)C2=O)cc1[N+](=O)[O-]. The number of methoxy groups -OCH3 is 2. The Balaban J connectivity index is 1.88. The lowest BCUT2D eigenvalue weighted by atomic mass is 10.1. The highest BCUT2D eigenvalue weighted by atomic mass is 16.6. The number of furan rings is 1. The van der Waals surface area contributed by atoms with Crippen LogP contribution in [0.3, 0.4) is 0 Å². The molecule has 0 spiro atoms. The molecule has 1 aromatic heterocycles. The molecule has 12 nitrogen and oxygen atoms in total. The number of carbonyl (C=O) groups is 3. The third-order valence-corrected chi connectivity index (χ3v) is 4.40. The van der Waals surface area contributed by atoms with Crippen LogP contribution in [-0.4, -0.2) is 48.6 Å². The van der Waals surface area contributed by atoms with Gasteiger partial charge in [0.25, 0.3) is 5.91 Å². The first-order valence-electron chi connectivity index (χ1n) is 9.29. The van der Waals surface area contributed by atoms with Crippen molar-refractivity contribution in [2.75, 3.05) is 20.8 Å². The number of nitro groups is 1. The van der Waals surface area contributed by atoms with Crippen LogP contribution in [0.25, 0.3) is 6.08 Å². The molecule has 2 aromatic rings. The Morgan fingerprint density at radius 3 is 2.66 bits per heavy atom. The molecule has 1 aliphatic heterocycles. The van der Waals surface area contributed by atoms with Gasteiger partial charge < -0.3 is 23.9 Å². The van der Waals surface area contributed by atoms with Gasteiger partial charge in [-0.15, -0.1) is 0 Å². The normalized spacial score (nSPS) is 14.5. The maximum absolute atomic E-state index is 12.7. The van der Waals surface area contributed by atoms with Gasteiger partial charge in [0.15, 0.2) is 5.75 Å². The monoisotopic (exact) mass is 445 g/mol. The summed E-state index contributed by atoms with van der Waals surface area (Å²) in [6.45, 7) is 1.63. The lowest BCUT2D eigenvalue weighted by Crippen LogP contribution is -2.30. The number of rotatable bonds is 8. The van der Waals surface area contributed by atoms with Gasteiger partial charge in [0, 0.05) is 6.07 Å². The number of imide groups is 1. The van der Waals surface area contributed by atoms with Crippen LogP contribution in [0.5, 0.6) is 11.5 Å². The maximum Gasteiger partial charge on any atom is 0.373 e. The molecule has 32 heavy (non-hydrogen) atoms. The summed E-state index contributed by atoms with van der Waals surface area (Å²) in [6.07, 6.45) is 1.29. The van der Waals surface area contributed by atoms with E-state index in [1.54, 1.807) is 6.92 Å². The Labute approximate surface area is 181 Å². The van der Waals surface area contributed by atoms with Crippen LogP contribution in [0.1, 0.15) is 28.8 Å². The molecule has 1 saturated heterocycles. The van der Waals surface area contributed by atoms with Crippen molar-refractivity contribution in [3.05, 3.63) is 57.2 Å². The first-order chi connectivity index (χ1) is 15.3. The Hall–Kier alpha value is -4.35. The highest BCUT2D eigenvalue weighted by Crippen LogP contribution is 2.39. The topological polar surface area (TPSA) is 150 Å². The predicted molar refractivity (Wildman–Crippen MR) is 108 cm³/mol. The van der Waals surface area contributed by atoms with Crippen molar-refractivity contribution in [3.63, 3.8) is 0 Å². The minimum Gasteiger partial charge on any atom is -0.493 e. The molecule has 3 rings (SSSR count). The molecule has 0 saturated carbocycles. The number of urea groups is 1. The van der Waals surface area contributed by atoms with Gasteiger partial charge in [-0.05, 0) is 36.8 Å². The van der Waals surface area contributed by atoms with E-state index in [4.69, 9.17) is 13.9 Å². The summed E-state index contributed by atoms with van der Waals surface area (Å²) in [4.78, 5) is 48.2. The molecular weight excluding hydrogens is 426 g/mol. The molecule has 1 aromatic carbocycles. The zero-order valence-electron chi connectivity index (χ0n) is 17.4. The van der Waals surface area contributed by atoms with E-state index in [0.717, 1.165) is 4.90 Å². The molecule has 0 aliphatic carbocycles. The molecule has 0 atom stereocenters. The first kappa shape index (κ1) is 22.3. The van der Waals surface area contributed by atoms with E-state index in [1.165, 1.54) is 44.6 Å². The highest BCUT2D eigenvalue weighted by molar-refractivity contribution is 6.13. The first-order valence-corrected chi connectivity index (χ1v) is 9.29. The smallest absolute Gasteiger partial charge is 0.373 e. The van der Waals surface area contributed by atoms with Crippen LogP contribution in [0.15, 0.2) is 34.4 Å². The minimum absolute atomic E-state index is 0.0372. The van der Waals surface area contributed by atoms with Gasteiger partial charge in [-0.1, -0.05) is 0 Å². The van der Waals surface area contributed by atoms with Crippen molar-refractivity contribution in [2.24, 2.45) is 0 Å². The number of carbonyl (C=O) groups excluding carboxylic acids is 3. The average molecular weight is 445 g/mol. The average Bonchev–Trinajstić information content (AvgIpc) is 3.34. The summed E-state index contributed by atoms with van der Waals surface area (Å²) in [5.41, 5.74) is -0.207. The molecule has 0 radical (unpaired) electrons. The summed E-state index contributed by atoms with van der Waals surface area (Å²) in [7, 11) is 2.52. The second-order valence-electron chi connectivity index (χ2n) is 6.40. The number of nitrogens with zero attached hydrogens (tertiary/aromatic N) is 2. The van der Waals surface area contributed by atoms with E-state index in [-0.39, 0.29) is 53.1 Å². The summed E-state index contributed by atoms with van der Waals surface area (Å²) >= 11 is 0. The number of hydrogen-bond acceptors (Lipinski definition) is 9. The van der Waals surface area contributed by atoms with Crippen LogP contribution in [-0.2, 0) is 16.1 Å². The van der Waals surface area contributed by atoms with Crippen molar-refractivity contribution in [3.8, 4) is 11.5 Å². The Morgan fingerprint density at radius 1 is 1.28 bits per heavy atom. The third kappa shape index (κ3) is 4.38. The molecule has 3 amide bonds. The number of nitrogens with one attached hydrogen (secondary N) is 1. The zero-order valence-corrected chi connectivity index (χ0v) is 17.4. The standard InChI is InChI=1S/C20H19N3O9/c1-4-31-17-14(23(27)28)8-11(9-16(17)29-2)7-13-18(24)22(20(26)21-13)10-12-5-6-15(32-12)19(25)30-3/h5-9H,4,10H2,1-3H3,(H,21,26). The van der Waals surface area contributed by atoms with Crippen LogP contribution in [0.4, 0.5) is 10.5 Å². The van der Waals surface area contributed by atoms with Crippen LogP contribution in [0, 0.1) is 10.1 Å². The van der Waals surface area contributed by atoms with Gasteiger partial charge >= 0.3 is 17.7 Å². The lowest BCUT2D eigenvalue weighted by Gasteiger charge is -2.11. The van der Waals surface area contributed by atoms with Crippen molar-refractivity contribution in [1.29, 1.82) is 0 Å². The fourth-order valence-electron chi connectivity index (χ4n) is 2.98. The van der Waals surface area contributed by atoms with Gasteiger partial charge in [-0.2, -0.15) is 0 Å². The van der Waals surface area contributed by atoms with Gasteiger partial charge in [0.1, 0.15) is 11.5 Å². The van der Waals surface area contributed by atoms with E-state index in [2.05, 4.69) is 10.1 Å². The van der Waals surface area contributed by atoms with Gasteiger partial charge in [0.2, 0.25) is 11.5 Å². The second-order valence-corrected chi connectivity index (χ2v) is 6.40. The van der Waals surface area contributed by atoms with Crippen molar-refractivity contribution in [1.82, 2.24) is 10.2 Å². The van der Waals surface area contributed by atoms with Gasteiger partial charge in [-0.25, -0.2) is 9.59 Å². The number of hydrogen-bond donors (Lipinski definition) is 1. The molecule has 12 heteroatoms. The molecule has 0 bridgehead atoms. The summed E-state index contributed by atoms with van der Waals surface area (Å²) < 4.78 is 20.3. The van der Waals surface area contributed by atoms with E-state index in [0.29, 0.717) is 0 Å². The molecule has 0 unspecified atom stereocenters. The third-order valence-electron chi connectivity index (χ3n) is 4.40. The molecule has 1 aliphatic rings. The number of benzene rings is 1. The molecular formula is C20H19N3O9. The van der Waals surface area contributed by atoms with E-state index in [9.17, 15) is 24.5 Å². The Kier molecular flexibility index (Phi) is 6.42. The number of nitro benzene ring substituents is 1. The predicted octanol–water partition coefficient (Wildman–Crippen LogP) is 2.47. The largest absolute Gasteiger partial charge is 0.493 e. The quantitative estimate of drug-likeness (QED) is 0.212. The minimum atomic E-state index is -0.718. The second kappa shape index (κ2) is 9.20. The summed E-state index contributed by atoms with van der Waals surface area (Å²) in [6, 6.07) is 4.74. The van der Waals surface area contributed by atoms with Crippen molar-refractivity contribution >= 4 is 29.7 Å². The van der Waals surface area contributed by atoms with E-state index >= 15 is 0 Å². The summed E-state index contributed by atoms with van der Waals surface area (Å²) in [5, 5.41) is 13.9. The number of amides is 3. The highest BCUT2D eigenvalue weighted by Gasteiger charge is 2.34. The zero-order chi connectivity index (χ0) is 23.4. The number of ether oxygens (including phenoxy) is 3. The van der Waals surface area contributed by atoms with Gasteiger partial charge in [-0.3, -0.25) is 19.8 Å². The van der Waals surface area contributed by atoms with Crippen LogP contribution in [0.2, 0.25) is 0 Å². The fourth-order valence-corrected chi connectivity index (χ4v) is 2.98. The van der Waals surface area contributed by atoms with E-state index < -0.39 is 22.8 Å². The maximum atomic E-state index is 12.7. The van der Waals surface area contributed by atoms with Crippen molar-refractivity contribution in [2.45, 2.75) is 13.5 Å². The molecule has 2 heterocycles.